The van der Waals surface area contributed by atoms with Crippen LogP contribution in [0.1, 0.15) is 11.1 Å². The number of aryl methyl sites for hydroxylation is 1. The highest BCUT2D eigenvalue weighted by molar-refractivity contribution is 5.83. The van der Waals surface area contributed by atoms with Crippen molar-refractivity contribution < 1.29 is 0 Å². The van der Waals surface area contributed by atoms with E-state index in [4.69, 9.17) is 0 Å². The summed E-state index contributed by atoms with van der Waals surface area (Å²) in [6, 6.07) is 6.41. The van der Waals surface area contributed by atoms with Crippen molar-refractivity contribution in [2.45, 2.75) is 13.5 Å². The van der Waals surface area contributed by atoms with Crippen LogP contribution in [0.3, 0.4) is 0 Å². The van der Waals surface area contributed by atoms with Gasteiger partial charge in [0, 0.05) is 17.1 Å². The summed E-state index contributed by atoms with van der Waals surface area (Å²) in [5.74, 6) is 0. The lowest BCUT2D eigenvalue weighted by atomic mass is 10.1. The Kier molecular flexibility index (Phi) is 1.99. The third kappa shape index (κ3) is 1.48. The molecule has 0 atom stereocenters. The maximum atomic E-state index is 4.10. The van der Waals surface area contributed by atoms with Crippen LogP contribution in [-0.2, 0) is 6.54 Å². The predicted octanol–water partition coefficient (Wildman–Crippen LogP) is 2.12. The van der Waals surface area contributed by atoms with Crippen molar-refractivity contribution in [1.29, 1.82) is 0 Å². The first-order valence-electron chi connectivity index (χ1n) is 5.22. The number of hydrogen-bond acceptors (Lipinski definition) is 2. The number of nitrogens with zero attached hydrogens (tertiary/aromatic N) is 3. The average molecular weight is 212 g/mol. The summed E-state index contributed by atoms with van der Waals surface area (Å²) in [4.78, 5) is 7.17. The van der Waals surface area contributed by atoms with Crippen LogP contribution < -0.4 is 0 Å². The van der Waals surface area contributed by atoms with Crippen LogP contribution in [0.15, 0.2) is 37.1 Å². The predicted molar refractivity (Wildman–Crippen MR) is 62.2 cm³/mol. The molecule has 0 fully saturated rings. The van der Waals surface area contributed by atoms with E-state index < -0.39 is 0 Å². The van der Waals surface area contributed by atoms with E-state index in [0.717, 1.165) is 6.54 Å². The first-order chi connectivity index (χ1) is 7.83. The molecule has 0 aliphatic heterocycles. The molecule has 0 aliphatic rings. The van der Waals surface area contributed by atoms with Crippen LogP contribution in [0.4, 0.5) is 0 Å². The standard InChI is InChI=1S/C12H12N4/c1-9-5-14-12-3-2-10(4-11(9)12)6-16-8-13-7-15-16/h2-5,7-8,14H,6H2,1H3. The number of H-pyrrole nitrogens is 1. The third-order valence-corrected chi connectivity index (χ3v) is 2.76. The van der Waals surface area contributed by atoms with E-state index in [1.807, 2.05) is 10.9 Å². The molecular weight excluding hydrogens is 200 g/mol. The van der Waals surface area contributed by atoms with Gasteiger partial charge in [-0.15, -0.1) is 0 Å². The molecule has 80 valence electrons. The molecule has 4 heteroatoms. The van der Waals surface area contributed by atoms with Crippen LogP contribution in [-0.4, -0.2) is 19.7 Å². The summed E-state index contributed by atoms with van der Waals surface area (Å²) < 4.78 is 1.82. The highest BCUT2D eigenvalue weighted by atomic mass is 15.3. The largest absolute Gasteiger partial charge is 0.361 e. The van der Waals surface area contributed by atoms with Gasteiger partial charge in [-0.25, -0.2) is 9.67 Å². The van der Waals surface area contributed by atoms with Gasteiger partial charge in [-0.05, 0) is 30.2 Å². The van der Waals surface area contributed by atoms with Gasteiger partial charge in [0.1, 0.15) is 12.7 Å². The van der Waals surface area contributed by atoms with Gasteiger partial charge in [0.25, 0.3) is 0 Å². The molecule has 3 aromatic rings. The highest BCUT2D eigenvalue weighted by Gasteiger charge is 2.01. The topological polar surface area (TPSA) is 46.5 Å². The molecule has 0 saturated heterocycles. The Morgan fingerprint density at radius 3 is 3.12 bits per heavy atom. The van der Waals surface area contributed by atoms with E-state index in [0.29, 0.717) is 0 Å². The summed E-state index contributed by atoms with van der Waals surface area (Å²) in [6.45, 7) is 2.87. The second-order valence-corrected chi connectivity index (χ2v) is 3.94. The van der Waals surface area contributed by atoms with Gasteiger partial charge in [0.05, 0.1) is 6.54 Å². The van der Waals surface area contributed by atoms with E-state index in [-0.39, 0.29) is 0 Å². The number of nitrogens with one attached hydrogen (secondary N) is 1. The zero-order valence-corrected chi connectivity index (χ0v) is 9.01. The van der Waals surface area contributed by atoms with Crippen LogP contribution in [0.2, 0.25) is 0 Å². The van der Waals surface area contributed by atoms with E-state index in [1.165, 1.54) is 22.0 Å². The number of fused-ring (bicyclic) bond motifs is 1. The van der Waals surface area contributed by atoms with Gasteiger partial charge >= 0.3 is 0 Å². The quantitative estimate of drug-likeness (QED) is 0.707. The molecule has 0 unspecified atom stereocenters. The Balaban J connectivity index is 2.01. The molecule has 0 saturated carbocycles. The molecule has 2 heterocycles. The monoisotopic (exact) mass is 212 g/mol. The molecule has 1 N–H and O–H groups in total. The molecular formula is C12H12N4. The van der Waals surface area contributed by atoms with Gasteiger partial charge in [-0.3, -0.25) is 0 Å². The number of aromatic amines is 1. The van der Waals surface area contributed by atoms with E-state index in [9.17, 15) is 0 Å². The van der Waals surface area contributed by atoms with Crippen LogP contribution in [0.5, 0.6) is 0 Å². The SMILES string of the molecule is Cc1c[nH]c2ccc(Cn3cncn3)cc12. The summed E-state index contributed by atoms with van der Waals surface area (Å²) >= 11 is 0. The van der Waals surface area contributed by atoms with E-state index in [2.05, 4.69) is 40.2 Å². The molecule has 0 amide bonds. The Bertz CT molecular complexity index is 607. The number of benzene rings is 1. The maximum absolute atomic E-state index is 4.10. The maximum Gasteiger partial charge on any atom is 0.137 e. The minimum atomic E-state index is 0.764. The Morgan fingerprint density at radius 2 is 2.31 bits per heavy atom. The van der Waals surface area contributed by atoms with Crippen molar-refractivity contribution in [2.24, 2.45) is 0 Å². The second-order valence-electron chi connectivity index (χ2n) is 3.94. The van der Waals surface area contributed by atoms with Crippen molar-refractivity contribution >= 4 is 10.9 Å². The lowest BCUT2D eigenvalue weighted by Crippen LogP contribution is -1.99. The van der Waals surface area contributed by atoms with Crippen molar-refractivity contribution in [3.05, 3.63) is 48.2 Å². The van der Waals surface area contributed by atoms with Gasteiger partial charge in [0.15, 0.2) is 0 Å². The zero-order valence-electron chi connectivity index (χ0n) is 9.01. The Labute approximate surface area is 92.9 Å². The molecule has 0 radical (unpaired) electrons. The van der Waals surface area contributed by atoms with Gasteiger partial charge < -0.3 is 4.98 Å². The first kappa shape index (κ1) is 9.15. The summed E-state index contributed by atoms with van der Waals surface area (Å²) in [5.41, 5.74) is 3.69. The van der Waals surface area contributed by atoms with Crippen LogP contribution >= 0.6 is 0 Å². The Morgan fingerprint density at radius 1 is 1.38 bits per heavy atom. The fraction of sp³-hybridized carbons (Fsp3) is 0.167. The molecule has 16 heavy (non-hydrogen) atoms. The molecule has 4 nitrogen and oxygen atoms in total. The summed E-state index contributed by atoms with van der Waals surface area (Å²) in [6.07, 6.45) is 5.32. The first-order valence-corrected chi connectivity index (χ1v) is 5.22. The van der Waals surface area contributed by atoms with Crippen LogP contribution in [0.25, 0.3) is 10.9 Å². The lowest BCUT2D eigenvalue weighted by Gasteiger charge is -2.01. The lowest BCUT2D eigenvalue weighted by molar-refractivity contribution is 0.685. The smallest absolute Gasteiger partial charge is 0.137 e. The Hall–Kier alpha value is -2.10. The molecule has 1 aromatic carbocycles. The van der Waals surface area contributed by atoms with Crippen LogP contribution in [0, 0.1) is 6.92 Å². The normalized spacial score (nSPS) is 11.1. The van der Waals surface area contributed by atoms with Crippen molar-refractivity contribution in [3.63, 3.8) is 0 Å². The third-order valence-electron chi connectivity index (χ3n) is 2.76. The molecule has 3 rings (SSSR count). The fourth-order valence-electron chi connectivity index (χ4n) is 1.91. The number of aromatic nitrogens is 4. The minimum Gasteiger partial charge on any atom is -0.361 e. The summed E-state index contributed by atoms with van der Waals surface area (Å²) in [5, 5.41) is 5.37. The van der Waals surface area contributed by atoms with Gasteiger partial charge in [-0.1, -0.05) is 6.07 Å². The van der Waals surface area contributed by atoms with Crippen molar-refractivity contribution in [2.75, 3.05) is 0 Å². The van der Waals surface area contributed by atoms with E-state index >= 15 is 0 Å². The number of rotatable bonds is 2. The fourth-order valence-corrected chi connectivity index (χ4v) is 1.91. The number of hydrogen-bond donors (Lipinski definition) is 1. The highest BCUT2D eigenvalue weighted by Crippen LogP contribution is 2.19. The van der Waals surface area contributed by atoms with Crippen molar-refractivity contribution in [3.8, 4) is 0 Å². The zero-order chi connectivity index (χ0) is 11.0. The van der Waals surface area contributed by atoms with Gasteiger partial charge in [0.2, 0.25) is 0 Å². The average Bonchev–Trinajstić information content (AvgIpc) is 2.90. The molecule has 0 bridgehead atoms. The van der Waals surface area contributed by atoms with Crippen molar-refractivity contribution in [1.82, 2.24) is 19.7 Å². The second kappa shape index (κ2) is 3.48. The van der Waals surface area contributed by atoms with E-state index in [1.54, 1.807) is 12.7 Å². The molecule has 0 aliphatic carbocycles. The minimum absolute atomic E-state index is 0.764. The molecule has 0 spiro atoms. The van der Waals surface area contributed by atoms with Gasteiger partial charge in [-0.2, -0.15) is 5.10 Å². The molecule has 2 aromatic heterocycles. The summed E-state index contributed by atoms with van der Waals surface area (Å²) in [7, 11) is 0.